The highest BCUT2D eigenvalue weighted by atomic mass is 16.4. The molecule has 0 aliphatic rings. The molecule has 304 valence electrons. The van der Waals surface area contributed by atoms with Gasteiger partial charge in [0.2, 0.25) is 29.5 Å². The van der Waals surface area contributed by atoms with E-state index in [9.17, 15) is 39.0 Å². The van der Waals surface area contributed by atoms with Crippen molar-refractivity contribution in [2.75, 3.05) is 13.1 Å². The lowest BCUT2D eigenvalue weighted by molar-refractivity contribution is -0.142. The van der Waals surface area contributed by atoms with Gasteiger partial charge >= 0.3 is 5.97 Å². The average molecular weight is 763 g/mol. The summed E-state index contributed by atoms with van der Waals surface area (Å²) in [6.45, 7) is 9.39. The van der Waals surface area contributed by atoms with Crippen LogP contribution in [0.1, 0.15) is 85.1 Å². The van der Waals surface area contributed by atoms with E-state index in [1.54, 1.807) is 12.1 Å². The minimum absolute atomic E-state index is 0.0209. The van der Waals surface area contributed by atoms with Crippen molar-refractivity contribution in [3.63, 3.8) is 0 Å². The normalized spacial score (nSPS) is 14.5. The third-order valence-electron chi connectivity index (χ3n) is 8.31. The summed E-state index contributed by atoms with van der Waals surface area (Å²) >= 11 is 0. The Morgan fingerprint density at radius 3 is 1.67 bits per heavy atom. The first kappa shape index (κ1) is 47.1. The Labute approximate surface area is 317 Å². The van der Waals surface area contributed by atoms with Gasteiger partial charge < -0.3 is 59.7 Å². The number of carbonyl (C=O) groups is 6. The largest absolute Gasteiger partial charge is 0.508 e. The number of phenols is 1. The molecule has 0 spiro atoms. The van der Waals surface area contributed by atoms with E-state index in [1.165, 1.54) is 19.1 Å². The maximum Gasteiger partial charge on any atom is 0.326 e. The lowest BCUT2D eigenvalue weighted by Gasteiger charge is -2.27. The van der Waals surface area contributed by atoms with Crippen LogP contribution in [-0.4, -0.2) is 101 Å². The number of nitrogens with two attached hydrogens (primary N) is 4. The molecular weight excluding hydrogens is 700 g/mol. The number of guanidine groups is 1. The van der Waals surface area contributed by atoms with E-state index >= 15 is 0 Å². The number of rotatable bonds is 25. The van der Waals surface area contributed by atoms with Crippen LogP contribution in [-0.2, 0) is 35.2 Å². The van der Waals surface area contributed by atoms with E-state index < -0.39 is 71.8 Å². The summed E-state index contributed by atoms with van der Waals surface area (Å²) in [5.74, 6) is -4.85. The van der Waals surface area contributed by atoms with Crippen LogP contribution in [0.3, 0.4) is 0 Å². The van der Waals surface area contributed by atoms with Gasteiger partial charge in [-0.25, -0.2) is 4.79 Å². The molecule has 0 fully saturated rings. The van der Waals surface area contributed by atoms with Crippen molar-refractivity contribution in [3.8, 4) is 5.75 Å². The Hall–Kier alpha value is -4.97. The van der Waals surface area contributed by atoms with Crippen LogP contribution in [0.2, 0.25) is 0 Å². The first-order valence-electron chi connectivity index (χ1n) is 18.4. The molecule has 0 aromatic heterocycles. The van der Waals surface area contributed by atoms with Crippen LogP contribution in [0.25, 0.3) is 0 Å². The minimum Gasteiger partial charge on any atom is -0.508 e. The molecule has 5 amide bonds. The fraction of sp³-hybridized carbons (Fsp3) is 0.639. The van der Waals surface area contributed by atoms with Gasteiger partial charge in [0.1, 0.15) is 36.0 Å². The van der Waals surface area contributed by atoms with Crippen LogP contribution in [0.15, 0.2) is 29.3 Å². The number of unbranched alkanes of at least 4 members (excludes halogenated alkanes) is 1. The zero-order valence-electron chi connectivity index (χ0n) is 32.1. The van der Waals surface area contributed by atoms with Gasteiger partial charge in [-0.2, -0.15) is 0 Å². The van der Waals surface area contributed by atoms with Crippen LogP contribution >= 0.6 is 0 Å². The van der Waals surface area contributed by atoms with Gasteiger partial charge in [0, 0.05) is 13.0 Å². The number of carboxylic acid groups (broad SMARTS) is 1. The third-order valence-corrected chi connectivity index (χ3v) is 8.31. The van der Waals surface area contributed by atoms with Crippen molar-refractivity contribution in [3.05, 3.63) is 29.8 Å². The summed E-state index contributed by atoms with van der Waals surface area (Å²) in [4.78, 5) is 82.6. The molecule has 0 saturated heterocycles. The number of aromatic hydroxyl groups is 1. The molecule has 6 atom stereocenters. The molecule has 0 saturated carbocycles. The number of hydrogen-bond donors (Lipinski definition) is 11. The molecule has 6 unspecified atom stereocenters. The molecule has 1 aromatic rings. The molecule has 0 aliphatic heterocycles. The molecule has 1 aromatic carbocycles. The number of benzene rings is 1. The summed E-state index contributed by atoms with van der Waals surface area (Å²) in [7, 11) is 0. The quantitative estimate of drug-likeness (QED) is 0.0327. The predicted octanol–water partition coefficient (Wildman–Crippen LogP) is -0.935. The average Bonchev–Trinajstić information content (AvgIpc) is 3.08. The van der Waals surface area contributed by atoms with E-state index in [0.29, 0.717) is 31.4 Å². The van der Waals surface area contributed by atoms with Gasteiger partial charge in [-0.3, -0.25) is 29.0 Å². The van der Waals surface area contributed by atoms with Crippen LogP contribution in [0.5, 0.6) is 5.75 Å². The monoisotopic (exact) mass is 762 g/mol. The molecule has 1 rings (SSSR count). The molecule has 15 N–H and O–H groups in total. The number of nitrogens with one attached hydrogen (secondary N) is 5. The van der Waals surface area contributed by atoms with E-state index in [0.717, 1.165) is 0 Å². The Kier molecular flexibility index (Phi) is 21.2. The molecular formula is C36H62N10O8. The van der Waals surface area contributed by atoms with Crippen LogP contribution < -0.4 is 49.5 Å². The molecule has 0 bridgehead atoms. The highest BCUT2D eigenvalue weighted by Gasteiger charge is 2.32. The van der Waals surface area contributed by atoms with E-state index in [4.69, 9.17) is 22.9 Å². The standard InChI is InChI=1S/C36H62N10O8/c1-20(2)17-27(34(52)46-28(18-21(3)4)33(51)43-26(35(53)54)10-8-16-41-36(39)40)44-30(48)22(5)42-32(50)29(19-23-11-13-24(47)14-12-23)45-31(49)25(38)9-6-7-15-37/h11-14,20-22,25-29,47H,6-10,15-19,37-38H2,1-5H3,(H,42,50)(H,43,51)(H,44,48)(H,45,49)(H,46,52)(H,53,54)(H4,39,40,41). The molecule has 0 radical (unpaired) electrons. The van der Waals surface area contributed by atoms with E-state index in [1.807, 2.05) is 27.7 Å². The van der Waals surface area contributed by atoms with Crippen molar-refractivity contribution in [1.29, 1.82) is 0 Å². The summed E-state index contributed by atoms with van der Waals surface area (Å²) in [5, 5.41) is 32.5. The zero-order valence-corrected chi connectivity index (χ0v) is 32.1. The second-order valence-corrected chi connectivity index (χ2v) is 14.3. The van der Waals surface area contributed by atoms with Crippen LogP contribution in [0.4, 0.5) is 0 Å². The summed E-state index contributed by atoms with van der Waals surface area (Å²) in [5.41, 5.74) is 22.9. The number of nitrogens with zero attached hydrogens (tertiary/aromatic N) is 1. The molecule has 0 aliphatic carbocycles. The molecule has 54 heavy (non-hydrogen) atoms. The second kappa shape index (κ2) is 24.4. The van der Waals surface area contributed by atoms with Gasteiger partial charge in [-0.15, -0.1) is 0 Å². The number of carboxylic acids is 1. The Balaban J connectivity index is 3.11. The lowest BCUT2D eigenvalue weighted by atomic mass is 9.99. The highest BCUT2D eigenvalue weighted by Crippen LogP contribution is 2.13. The first-order chi connectivity index (χ1) is 25.3. The Morgan fingerprint density at radius 1 is 0.667 bits per heavy atom. The van der Waals surface area contributed by atoms with Crippen molar-refractivity contribution < 1.29 is 39.0 Å². The topological polar surface area (TPSA) is 319 Å². The Morgan fingerprint density at radius 2 is 1.17 bits per heavy atom. The number of carbonyl (C=O) groups excluding carboxylic acids is 5. The lowest BCUT2D eigenvalue weighted by Crippen LogP contribution is -2.59. The van der Waals surface area contributed by atoms with Gasteiger partial charge in [0.25, 0.3) is 0 Å². The zero-order chi connectivity index (χ0) is 41.0. The number of hydrogen-bond acceptors (Lipinski definition) is 10. The predicted molar refractivity (Wildman–Crippen MR) is 204 cm³/mol. The summed E-state index contributed by atoms with van der Waals surface area (Å²) in [6, 6.07) is -0.615. The maximum absolute atomic E-state index is 13.6. The Bertz CT molecular complexity index is 1400. The third kappa shape index (κ3) is 18.7. The molecule has 18 nitrogen and oxygen atoms in total. The fourth-order valence-electron chi connectivity index (χ4n) is 5.38. The number of phenolic OH excluding ortho intramolecular Hbond substituents is 1. The molecule has 18 heteroatoms. The van der Waals surface area contributed by atoms with Crippen LogP contribution in [0, 0.1) is 11.8 Å². The van der Waals surface area contributed by atoms with Crippen molar-refractivity contribution >= 4 is 41.5 Å². The summed E-state index contributed by atoms with van der Waals surface area (Å²) < 4.78 is 0. The fourth-order valence-corrected chi connectivity index (χ4v) is 5.38. The van der Waals surface area contributed by atoms with Crippen molar-refractivity contribution in [2.24, 2.45) is 39.8 Å². The van der Waals surface area contributed by atoms with Crippen molar-refractivity contribution in [2.45, 2.75) is 122 Å². The SMILES string of the molecule is CC(C)CC(NC(=O)C(C)NC(=O)C(Cc1ccc(O)cc1)NC(=O)C(N)CCCCN)C(=O)NC(CC(C)C)C(=O)NC(CCCN=C(N)N)C(=O)O. The number of amides is 5. The smallest absolute Gasteiger partial charge is 0.326 e. The highest BCUT2D eigenvalue weighted by molar-refractivity contribution is 5.96. The van der Waals surface area contributed by atoms with Gasteiger partial charge in [0.15, 0.2) is 5.96 Å². The van der Waals surface area contributed by atoms with E-state index in [2.05, 4.69) is 31.6 Å². The number of aliphatic carboxylic acids is 1. The van der Waals surface area contributed by atoms with Gasteiger partial charge in [0.05, 0.1) is 6.04 Å². The van der Waals surface area contributed by atoms with Crippen molar-refractivity contribution in [1.82, 2.24) is 26.6 Å². The number of aliphatic imine (C=N–C) groups is 1. The van der Waals surface area contributed by atoms with E-state index in [-0.39, 0.29) is 62.2 Å². The minimum atomic E-state index is -1.26. The first-order valence-corrected chi connectivity index (χ1v) is 18.4. The summed E-state index contributed by atoms with van der Waals surface area (Å²) in [6.07, 6.45) is 2.36. The second-order valence-electron chi connectivity index (χ2n) is 14.3. The van der Waals surface area contributed by atoms with Gasteiger partial charge in [-0.1, -0.05) is 46.2 Å². The maximum atomic E-state index is 13.6. The molecule has 0 heterocycles. The van der Waals surface area contributed by atoms with Gasteiger partial charge in [-0.05, 0) is 81.5 Å².